The highest BCUT2D eigenvalue weighted by molar-refractivity contribution is 9.10. The number of benzene rings is 2. The third-order valence-electron chi connectivity index (χ3n) is 3.50. The Labute approximate surface area is 150 Å². The van der Waals surface area contributed by atoms with Crippen molar-refractivity contribution in [1.82, 2.24) is 10.2 Å². The van der Waals surface area contributed by atoms with Crippen molar-refractivity contribution in [2.24, 2.45) is 0 Å². The number of carbonyl (C=O) groups excluding carboxylic acids is 1. The van der Waals surface area contributed by atoms with Gasteiger partial charge in [-0.25, -0.2) is 5.10 Å². The molecule has 0 saturated heterocycles. The van der Waals surface area contributed by atoms with E-state index in [0.717, 1.165) is 10.0 Å². The fraction of sp³-hybridized carbons (Fsp3) is 0.118. The standard InChI is InChI=1S/C17H12BrClN2O3/c1-9-6-10(18)7-13(19)16(9)24-15(22)8-14-11-4-2-3-5-12(11)17(23)21-20-14/h2-7H,8H2,1H3,(H,21,23). The Morgan fingerprint density at radius 2 is 2.00 bits per heavy atom. The van der Waals surface area contributed by atoms with Crippen LogP contribution in [0, 0.1) is 6.92 Å². The summed E-state index contributed by atoms with van der Waals surface area (Å²) in [5.41, 5.74) is 0.887. The number of H-pyrrole nitrogens is 1. The molecule has 0 saturated carbocycles. The summed E-state index contributed by atoms with van der Waals surface area (Å²) in [7, 11) is 0. The third-order valence-corrected chi connectivity index (χ3v) is 4.24. The monoisotopic (exact) mass is 406 g/mol. The maximum absolute atomic E-state index is 12.3. The van der Waals surface area contributed by atoms with Crippen LogP contribution in [0.5, 0.6) is 5.75 Å². The van der Waals surface area contributed by atoms with E-state index in [1.165, 1.54) is 0 Å². The fourth-order valence-electron chi connectivity index (χ4n) is 2.41. The molecule has 2 aromatic carbocycles. The van der Waals surface area contributed by atoms with Crippen molar-refractivity contribution >= 4 is 44.3 Å². The van der Waals surface area contributed by atoms with Gasteiger partial charge >= 0.3 is 5.97 Å². The molecule has 0 aliphatic carbocycles. The van der Waals surface area contributed by atoms with E-state index in [-0.39, 0.29) is 12.0 Å². The number of halogens is 2. The molecule has 24 heavy (non-hydrogen) atoms. The molecule has 0 fully saturated rings. The number of nitrogens with zero attached hydrogens (tertiary/aromatic N) is 1. The Morgan fingerprint density at radius 3 is 2.71 bits per heavy atom. The molecule has 0 spiro atoms. The number of ether oxygens (including phenoxy) is 1. The highest BCUT2D eigenvalue weighted by atomic mass is 79.9. The molecule has 3 aromatic rings. The molecular formula is C17H12BrClN2O3. The molecule has 3 rings (SSSR count). The summed E-state index contributed by atoms with van der Waals surface area (Å²) in [6.45, 7) is 1.80. The van der Waals surface area contributed by atoms with Crippen molar-refractivity contribution in [3.05, 3.63) is 67.5 Å². The number of fused-ring (bicyclic) bond motifs is 1. The Bertz CT molecular complexity index is 978. The minimum absolute atomic E-state index is 0.0802. The molecule has 0 unspecified atom stereocenters. The second-order valence-electron chi connectivity index (χ2n) is 5.23. The van der Waals surface area contributed by atoms with E-state index in [2.05, 4.69) is 26.1 Å². The van der Waals surface area contributed by atoms with Crippen molar-refractivity contribution in [3.63, 3.8) is 0 Å². The highest BCUT2D eigenvalue weighted by Gasteiger charge is 2.15. The lowest BCUT2D eigenvalue weighted by atomic mass is 10.1. The van der Waals surface area contributed by atoms with Gasteiger partial charge in [0, 0.05) is 9.86 Å². The van der Waals surface area contributed by atoms with Gasteiger partial charge in [-0.2, -0.15) is 5.10 Å². The largest absolute Gasteiger partial charge is 0.424 e. The molecule has 5 nitrogen and oxygen atoms in total. The van der Waals surface area contributed by atoms with Crippen LogP contribution in [0.15, 0.2) is 45.7 Å². The van der Waals surface area contributed by atoms with Crippen molar-refractivity contribution in [2.75, 3.05) is 0 Å². The van der Waals surface area contributed by atoms with Gasteiger partial charge < -0.3 is 4.74 Å². The van der Waals surface area contributed by atoms with E-state index in [0.29, 0.717) is 27.2 Å². The molecule has 0 radical (unpaired) electrons. The Hall–Kier alpha value is -2.18. The van der Waals surface area contributed by atoms with Gasteiger partial charge in [0.25, 0.3) is 5.56 Å². The summed E-state index contributed by atoms with van der Waals surface area (Å²) in [4.78, 5) is 24.0. The number of esters is 1. The van der Waals surface area contributed by atoms with Crippen LogP contribution in [0.4, 0.5) is 0 Å². The number of carbonyl (C=O) groups is 1. The van der Waals surface area contributed by atoms with E-state index >= 15 is 0 Å². The molecule has 1 aromatic heterocycles. The molecule has 0 bridgehead atoms. The SMILES string of the molecule is Cc1cc(Br)cc(Cl)c1OC(=O)Cc1n[nH]c(=O)c2ccccc12. The topological polar surface area (TPSA) is 72.0 Å². The first-order valence-electron chi connectivity index (χ1n) is 7.08. The average Bonchev–Trinajstić information content (AvgIpc) is 2.54. The van der Waals surface area contributed by atoms with Gasteiger partial charge in [0.2, 0.25) is 0 Å². The summed E-state index contributed by atoms with van der Waals surface area (Å²) in [5, 5.41) is 7.81. The molecule has 1 N–H and O–H groups in total. The first-order chi connectivity index (χ1) is 11.5. The van der Waals surface area contributed by atoms with Crippen LogP contribution >= 0.6 is 27.5 Å². The molecule has 0 atom stereocenters. The smallest absolute Gasteiger partial charge is 0.317 e. The molecule has 7 heteroatoms. The van der Waals surface area contributed by atoms with Gasteiger partial charge in [-0.1, -0.05) is 45.7 Å². The van der Waals surface area contributed by atoms with Gasteiger partial charge in [-0.05, 0) is 30.7 Å². The van der Waals surface area contributed by atoms with E-state index < -0.39 is 5.97 Å². The number of aromatic amines is 1. The lowest BCUT2D eigenvalue weighted by Crippen LogP contribution is -2.17. The highest BCUT2D eigenvalue weighted by Crippen LogP contribution is 2.32. The maximum Gasteiger partial charge on any atom is 0.317 e. The minimum atomic E-state index is -0.507. The zero-order chi connectivity index (χ0) is 17.3. The molecular weight excluding hydrogens is 396 g/mol. The van der Waals surface area contributed by atoms with E-state index in [1.807, 2.05) is 6.07 Å². The van der Waals surface area contributed by atoms with Crippen LogP contribution in [0.25, 0.3) is 10.8 Å². The van der Waals surface area contributed by atoms with Crippen LogP contribution in [0.2, 0.25) is 5.02 Å². The van der Waals surface area contributed by atoms with Crippen LogP contribution in [0.1, 0.15) is 11.3 Å². The van der Waals surface area contributed by atoms with E-state index in [1.54, 1.807) is 37.3 Å². The predicted octanol–water partition coefficient (Wildman–Crippen LogP) is 3.80. The number of hydrogen-bond acceptors (Lipinski definition) is 4. The number of rotatable bonds is 3. The number of nitrogens with one attached hydrogen (secondary N) is 1. The Kier molecular flexibility index (Phi) is 4.69. The van der Waals surface area contributed by atoms with Crippen LogP contribution in [-0.4, -0.2) is 16.2 Å². The molecule has 122 valence electrons. The first-order valence-corrected chi connectivity index (χ1v) is 8.25. The second kappa shape index (κ2) is 6.75. The predicted molar refractivity (Wildman–Crippen MR) is 95.6 cm³/mol. The van der Waals surface area contributed by atoms with Gasteiger partial charge in [-0.15, -0.1) is 0 Å². The van der Waals surface area contributed by atoms with Crippen molar-refractivity contribution in [1.29, 1.82) is 0 Å². The lowest BCUT2D eigenvalue weighted by molar-refractivity contribution is -0.133. The van der Waals surface area contributed by atoms with Gasteiger partial charge in [0.05, 0.1) is 22.5 Å². The molecule has 1 heterocycles. The molecule has 0 amide bonds. The fourth-order valence-corrected chi connectivity index (χ4v) is 3.42. The summed E-state index contributed by atoms with van der Waals surface area (Å²) < 4.78 is 6.19. The quantitative estimate of drug-likeness (QED) is 0.529. The van der Waals surface area contributed by atoms with Crippen LogP contribution in [0.3, 0.4) is 0 Å². The van der Waals surface area contributed by atoms with E-state index in [4.69, 9.17) is 16.3 Å². The third kappa shape index (κ3) is 3.34. The molecule has 0 aliphatic rings. The average molecular weight is 408 g/mol. The normalized spacial score (nSPS) is 10.8. The first kappa shape index (κ1) is 16.7. The summed E-state index contributed by atoms with van der Waals surface area (Å²) in [6, 6.07) is 10.4. The zero-order valence-electron chi connectivity index (χ0n) is 12.6. The zero-order valence-corrected chi connectivity index (χ0v) is 14.9. The van der Waals surface area contributed by atoms with Crippen LogP contribution in [-0.2, 0) is 11.2 Å². The van der Waals surface area contributed by atoms with Gasteiger partial charge in [0.15, 0.2) is 5.75 Å². The Morgan fingerprint density at radius 1 is 1.29 bits per heavy atom. The van der Waals surface area contributed by atoms with Gasteiger partial charge in [-0.3, -0.25) is 9.59 Å². The lowest BCUT2D eigenvalue weighted by Gasteiger charge is -2.10. The Balaban J connectivity index is 1.89. The summed E-state index contributed by atoms with van der Waals surface area (Å²) in [6.07, 6.45) is -0.0802. The van der Waals surface area contributed by atoms with E-state index in [9.17, 15) is 9.59 Å². The number of aromatic nitrogens is 2. The number of aryl methyl sites for hydroxylation is 1. The molecule has 0 aliphatic heterocycles. The second-order valence-corrected chi connectivity index (χ2v) is 6.55. The van der Waals surface area contributed by atoms with Crippen molar-refractivity contribution in [3.8, 4) is 5.75 Å². The van der Waals surface area contributed by atoms with Crippen LogP contribution < -0.4 is 10.3 Å². The minimum Gasteiger partial charge on any atom is -0.424 e. The number of hydrogen-bond donors (Lipinski definition) is 1. The van der Waals surface area contributed by atoms with Crippen molar-refractivity contribution < 1.29 is 9.53 Å². The summed E-state index contributed by atoms with van der Waals surface area (Å²) >= 11 is 9.46. The summed E-state index contributed by atoms with van der Waals surface area (Å²) in [5.74, 6) is -0.189. The van der Waals surface area contributed by atoms with Gasteiger partial charge in [0.1, 0.15) is 0 Å². The van der Waals surface area contributed by atoms with Crippen molar-refractivity contribution in [2.45, 2.75) is 13.3 Å². The maximum atomic E-state index is 12.3.